The number of carbonyl (C=O) groups excluding carboxylic acids is 1. The van der Waals surface area contributed by atoms with E-state index < -0.39 is 0 Å². The maximum atomic E-state index is 12.1. The van der Waals surface area contributed by atoms with Crippen molar-refractivity contribution >= 4 is 17.4 Å². The van der Waals surface area contributed by atoms with Crippen molar-refractivity contribution in [3.05, 3.63) is 10.6 Å². The second-order valence-electron chi connectivity index (χ2n) is 4.28. The van der Waals surface area contributed by atoms with Crippen LogP contribution in [-0.4, -0.2) is 47.0 Å². The molecule has 1 rings (SSSR count). The second kappa shape index (κ2) is 7.40. The third-order valence-electron chi connectivity index (χ3n) is 2.45. The second-order valence-corrected chi connectivity index (χ2v) is 5.03. The molecule has 1 amide bonds. The molecule has 0 radical (unpaired) electrons. The number of amides is 1. The van der Waals surface area contributed by atoms with Crippen LogP contribution in [0.25, 0.3) is 0 Å². The quantitative estimate of drug-likeness (QED) is 0.767. The zero-order valence-electron chi connectivity index (χ0n) is 10.8. The molecule has 0 aliphatic heterocycles. The number of hydrogen-bond acceptors (Lipinski definition) is 6. The van der Waals surface area contributed by atoms with Crippen LogP contribution < -0.4 is 5.32 Å². The van der Waals surface area contributed by atoms with E-state index in [4.69, 9.17) is 9.84 Å². The van der Waals surface area contributed by atoms with Gasteiger partial charge in [0.1, 0.15) is 4.88 Å². The lowest BCUT2D eigenvalue weighted by Crippen LogP contribution is -2.38. The molecule has 0 spiro atoms. The summed E-state index contributed by atoms with van der Waals surface area (Å²) in [6.07, 6.45) is 0.461. The topological polar surface area (TPSA) is 84.3 Å². The van der Waals surface area contributed by atoms with Gasteiger partial charge in [-0.1, -0.05) is 18.3 Å². The number of methoxy groups -OCH3 is 1. The Labute approximate surface area is 111 Å². The highest BCUT2D eigenvalue weighted by Gasteiger charge is 2.21. The summed E-state index contributed by atoms with van der Waals surface area (Å²) in [5, 5.41) is 15.7. The maximum Gasteiger partial charge on any atom is 0.265 e. The van der Waals surface area contributed by atoms with E-state index in [0.29, 0.717) is 23.6 Å². The number of hydrogen-bond donors (Lipinski definition) is 2. The Morgan fingerprint density at radius 1 is 1.56 bits per heavy atom. The molecule has 1 aromatic heterocycles. The van der Waals surface area contributed by atoms with Crippen molar-refractivity contribution in [2.45, 2.75) is 32.2 Å². The summed E-state index contributed by atoms with van der Waals surface area (Å²) in [7, 11) is 1.56. The minimum Gasteiger partial charge on any atom is -0.396 e. The van der Waals surface area contributed by atoms with Crippen LogP contribution in [0.15, 0.2) is 0 Å². The zero-order valence-corrected chi connectivity index (χ0v) is 11.7. The summed E-state index contributed by atoms with van der Waals surface area (Å²) in [6.45, 7) is 4.31. The first kappa shape index (κ1) is 15.0. The molecule has 0 fully saturated rings. The molecule has 7 heteroatoms. The first-order chi connectivity index (χ1) is 8.60. The van der Waals surface area contributed by atoms with Gasteiger partial charge in [-0.3, -0.25) is 4.79 Å². The molecule has 0 saturated heterocycles. The predicted octanol–water partition coefficient (Wildman–Crippen LogP) is 0.789. The minimum absolute atomic E-state index is 0.00623. The molecule has 1 aromatic rings. The first-order valence-electron chi connectivity index (χ1n) is 5.83. The number of aromatic nitrogens is 2. The third-order valence-corrected chi connectivity index (χ3v) is 3.19. The van der Waals surface area contributed by atoms with Crippen LogP contribution in [0.2, 0.25) is 0 Å². The van der Waals surface area contributed by atoms with Gasteiger partial charge in [0.05, 0.1) is 18.3 Å². The lowest BCUT2D eigenvalue weighted by atomic mass is 10.1. The number of rotatable bonds is 7. The number of carbonyl (C=O) groups is 1. The van der Waals surface area contributed by atoms with E-state index in [0.717, 1.165) is 11.5 Å². The van der Waals surface area contributed by atoms with E-state index in [2.05, 4.69) is 14.9 Å². The van der Waals surface area contributed by atoms with Gasteiger partial charge < -0.3 is 15.2 Å². The number of ether oxygens (including phenoxy) is 1. The van der Waals surface area contributed by atoms with Gasteiger partial charge in [-0.15, -0.1) is 5.10 Å². The summed E-state index contributed by atoms with van der Waals surface area (Å²) in [6, 6.07) is -0.199. The van der Waals surface area contributed by atoms with Crippen molar-refractivity contribution in [1.29, 1.82) is 0 Å². The highest BCUT2D eigenvalue weighted by Crippen LogP contribution is 2.19. The van der Waals surface area contributed by atoms with Crippen molar-refractivity contribution in [1.82, 2.24) is 14.9 Å². The Morgan fingerprint density at radius 3 is 2.83 bits per heavy atom. The van der Waals surface area contributed by atoms with Gasteiger partial charge in [0.2, 0.25) is 0 Å². The number of aliphatic hydroxyl groups is 1. The average molecular weight is 273 g/mol. The molecule has 1 heterocycles. The molecule has 0 saturated carbocycles. The van der Waals surface area contributed by atoms with E-state index >= 15 is 0 Å². The molecular formula is C11H19N3O3S. The molecule has 0 aromatic carbocycles. The predicted molar refractivity (Wildman–Crippen MR) is 68.8 cm³/mol. The molecule has 0 aliphatic carbocycles. The number of nitrogens with zero attached hydrogens (tertiary/aromatic N) is 2. The molecule has 6 nitrogen and oxygen atoms in total. The molecule has 102 valence electrons. The van der Waals surface area contributed by atoms with Crippen LogP contribution >= 0.6 is 11.5 Å². The third kappa shape index (κ3) is 4.01. The normalized spacial score (nSPS) is 12.7. The summed E-state index contributed by atoms with van der Waals surface area (Å²) >= 11 is 1.09. The van der Waals surface area contributed by atoms with Crippen molar-refractivity contribution in [3.63, 3.8) is 0 Å². The fourth-order valence-corrected chi connectivity index (χ4v) is 2.26. The van der Waals surface area contributed by atoms with E-state index in [1.807, 2.05) is 13.8 Å². The van der Waals surface area contributed by atoms with Gasteiger partial charge in [0.25, 0.3) is 5.91 Å². The highest BCUT2D eigenvalue weighted by molar-refractivity contribution is 7.08. The van der Waals surface area contributed by atoms with Crippen LogP contribution in [0.1, 0.15) is 41.6 Å². The van der Waals surface area contributed by atoms with Crippen molar-refractivity contribution in [2.75, 3.05) is 20.3 Å². The fraction of sp³-hybridized carbons (Fsp3) is 0.727. The Bertz CT molecular complexity index is 375. The Hall–Kier alpha value is -1.05. The van der Waals surface area contributed by atoms with Crippen LogP contribution in [0.5, 0.6) is 0 Å². The minimum atomic E-state index is -0.204. The Morgan fingerprint density at radius 2 is 2.28 bits per heavy atom. The number of nitrogens with one attached hydrogen (secondary N) is 1. The van der Waals surface area contributed by atoms with Crippen LogP contribution in [0.4, 0.5) is 0 Å². The molecule has 2 N–H and O–H groups in total. The van der Waals surface area contributed by atoms with Crippen molar-refractivity contribution in [2.24, 2.45) is 0 Å². The van der Waals surface area contributed by atoms with Gasteiger partial charge in [0.15, 0.2) is 0 Å². The Kier molecular flexibility index (Phi) is 6.17. The number of aliphatic hydroxyl groups excluding tert-OH is 1. The summed E-state index contributed by atoms with van der Waals surface area (Å²) < 4.78 is 8.81. The molecular weight excluding hydrogens is 254 g/mol. The average Bonchev–Trinajstić information content (AvgIpc) is 2.78. The summed E-state index contributed by atoms with van der Waals surface area (Å²) in [5.41, 5.74) is 0.706. The van der Waals surface area contributed by atoms with Gasteiger partial charge in [-0.2, -0.15) is 0 Å². The first-order valence-corrected chi connectivity index (χ1v) is 6.60. The molecule has 1 atom stereocenters. The zero-order chi connectivity index (χ0) is 13.5. The summed E-state index contributed by atoms with van der Waals surface area (Å²) in [5.74, 6) is -0.0487. The van der Waals surface area contributed by atoms with Crippen LogP contribution in [0, 0.1) is 0 Å². The standard InChI is InChI=1S/C11H19N3O3S/c1-7(2)9-10(18-14-13-9)11(16)12-8(4-5-15)6-17-3/h7-8,15H,4-6H2,1-3H3,(H,12,16). The Balaban J connectivity index is 2.71. The van der Waals surface area contributed by atoms with E-state index in [1.165, 1.54) is 0 Å². The highest BCUT2D eigenvalue weighted by atomic mass is 32.1. The molecule has 1 unspecified atom stereocenters. The van der Waals surface area contributed by atoms with Crippen molar-refractivity contribution in [3.8, 4) is 0 Å². The molecule has 0 aliphatic rings. The van der Waals surface area contributed by atoms with E-state index in [9.17, 15) is 4.79 Å². The van der Waals surface area contributed by atoms with Crippen molar-refractivity contribution < 1.29 is 14.6 Å². The van der Waals surface area contributed by atoms with Crippen LogP contribution in [-0.2, 0) is 4.74 Å². The fourth-order valence-electron chi connectivity index (χ4n) is 1.54. The summed E-state index contributed by atoms with van der Waals surface area (Å²) in [4.78, 5) is 12.6. The van der Waals surface area contributed by atoms with Gasteiger partial charge in [-0.25, -0.2) is 0 Å². The van der Waals surface area contributed by atoms with Gasteiger partial charge in [-0.05, 0) is 23.9 Å². The monoisotopic (exact) mass is 273 g/mol. The van der Waals surface area contributed by atoms with Gasteiger partial charge in [0, 0.05) is 13.7 Å². The van der Waals surface area contributed by atoms with E-state index in [-0.39, 0.29) is 24.5 Å². The lowest BCUT2D eigenvalue weighted by molar-refractivity contribution is 0.0881. The SMILES string of the molecule is COCC(CCO)NC(=O)c1snnc1C(C)C. The molecule has 18 heavy (non-hydrogen) atoms. The maximum absolute atomic E-state index is 12.1. The molecule has 0 bridgehead atoms. The largest absolute Gasteiger partial charge is 0.396 e. The van der Waals surface area contributed by atoms with Gasteiger partial charge >= 0.3 is 0 Å². The van der Waals surface area contributed by atoms with Crippen LogP contribution in [0.3, 0.4) is 0 Å². The van der Waals surface area contributed by atoms with E-state index in [1.54, 1.807) is 7.11 Å². The smallest absolute Gasteiger partial charge is 0.265 e. The lowest BCUT2D eigenvalue weighted by Gasteiger charge is -2.16.